The number of nitrogens with one attached hydrogen (secondary N) is 1. The first-order valence-corrected chi connectivity index (χ1v) is 4.03. The number of hydrogen-bond donors (Lipinski definition) is 2. The molecule has 3 N–H and O–H groups in total. The molecule has 2 nitrogen and oxygen atoms in total. The van der Waals surface area contributed by atoms with Crippen molar-refractivity contribution in [1.82, 2.24) is 3.53 Å². The average Bonchev–Trinajstić information content (AvgIpc) is 1.81. The third-order valence-electron chi connectivity index (χ3n) is 0.975. The van der Waals surface area contributed by atoms with Crippen LogP contribution in [0.15, 0.2) is 0 Å². The van der Waals surface area contributed by atoms with Gasteiger partial charge in [-0.25, -0.2) is 0 Å². The fourth-order valence-electron chi connectivity index (χ4n) is 0.513. The topological polar surface area (TPSA) is 38.0 Å². The monoisotopic (exact) mass is 228 g/mol. The van der Waals surface area contributed by atoms with Crippen LogP contribution in [0.25, 0.3) is 0 Å². The lowest BCUT2D eigenvalue weighted by Gasteiger charge is -1.94. The van der Waals surface area contributed by atoms with Crippen molar-refractivity contribution in [3.05, 3.63) is 0 Å². The zero-order chi connectivity index (χ0) is 6.24. The lowest BCUT2D eigenvalue weighted by Crippen LogP contribution is -2.02. The molecule has 0 saturated heterocycles. The largest absolute Gasteiger partial charge is 0.330 e. The quantitative estimate of drug-likeness (QED) is 0.419. The van der Waals surface area contributed by atoms with Gasteiger partial charge >= 0.3 is 0 Å². The van der Waals surface area contributed by atoms with E-state index in [9.17, 15) is 0 Å². The van der Waals surface area contributed by atoms with Crippen molar-refractivity contribution in [3.63, 3.8) is 0 Å². The Hall–Kier alpha value is 0.650. The number of rotatable bonds is 5. The number of nitrogens with two attached hydrogens (primary N) is 1. The molecule has 0 aromatic heterocycles. The Morgan fingerprint density at radius 3 is 2.50 bits per heavy atom. The minimum Gasteiger partial charge on any atom is -0.330 e. The molecule has 0 unspecified atom stereocenters. The fraction of sp³-hybridized carbons (Fsp3) is 1.00. The summed E-state index contributed by atoms with van der Waals surface area (Å²) in [6.07, 6.45) is 3.67. The van der Waals surface area contributed by atoms with E-state index in [-0.39, 0.29) is 0 Å². The predicted octanol–water partition coefficient (Wildman–Crippen LogP) is 1.06. The van der Waals surface area contributed by atoms with Crippen LogP contribution in [0.5, 0.6) is 0 Å². The van der Waals surface area contributed by atoms with E-state index in [1.807, 2.05) is 0 Å². The van der Waals surface area contributed by atoms with Gasteiger partial charge in [-0.1, -0.05) is 6.42 Å². The second kappa shape index (κ2) is 7.65. The SMILES string of the molecule is NCCCCCNI. The second-order valence-electron chi connectivity index (χ2n) is 1.73. The molecule has 0 spiro atoms. The van der Waals surface area contributed by atoms with E-state index in [0.717, 1.165) is 13.1 Å². The minimum absolute atomic E-state index is 0.835. The van der Waals surface area contributed by atoms with E-state index < -0.39 is 0 Å². The number of unbranched alkanes of at least 4 members (excludes halogenated alkanes) is 2. The van der Waals surface area contributed by atoms with E-state index >= 15 is 0 Å². The van der Waals surface area contributed by atoms with Gasteiger partial charge in [0.15, 0.2) is 0 Å². The molecular weight excluding hydrogens is 215 g/mol. The maximum Gasteiger partial charge on any atom is 0.0169 e. The summed E-state index contributed by atoms with van der Waals surface area (Å²) >= 11 is 2.16. The summed E-state index contributed by atoms with van der Waals surface area (Å²) in [5.41, 5.74) is 5.29. The molecule has 0 aromatic carbocycles. The maximum atomic E-state index is 5.29. The zero-order valence-electron chi connectivity index (χ0n) is 4.99. The Labute approximate surface area is 64.7 Å². The van der Waals surface area contributed by atoms with Gasteiger partial charge in [0, 0.05) is 29.4 Å². The summed E-state index contributed by atoms with van der Waals surface area (Å²) in [6, 6.07) is 0. The Morgan fingerprint density at radius 2 is 2.00 bits per heavy atom. The van der Waals surface area contributed by atoms with Crippen molar-refractivity contribution in [2.24, 2.45) is 5.73 Å². The molecule has 0 fully saturated rings. The van der Waals surface area contributed by atoms with Gasteiger partial charge in [-0.3, -0.25) is 3.53 Å². The molecule has 0 bridgehead atoms. The molecule has 3 heteroatoms. The van der Waals surface area contributed by atoms with Crippen molar-refractivity contribution in [2.45, 2.75) is 19.3 Å². The predicted molar refractivity (Wildman–Crippen MR) is 44.9 cm³/mol. The van der Waals surface area contributed by atoms with Crippen LogP contribution in [0.1, 0.15) is 19.3 Å². The van der Waals surface area contributed by atoms with Gasteiger partial charge < -0.3 is 5.73 Å². The van der Waals surface area contributed by atoms with E-state index in [4.69, 9.17) is 5.73 Å². The summed E-state index contributed by atoms with van der Waals surface area (Å²) in [5.74, 6) is 0. The normalized spacial score (nSPS) is 9.75. The Morgan fingerprint density at radius 1 is 1.25 bits per heavy atom. The van der Waals surface area contributed by atoms with E-state index in [0.29, 0.717) is 0 Å². The van der Waals surface area contributed by atoms with E-state index in [2.05, 4.69) is 26.4 Å². The van der Waals surface area contributed by atoms with Gasteiger partial charge in [-0.2, -0.15) is 0 Å². The first kappa shape index (κ1) is 8.65. The second-order valence-corrected chi connectivity index (χ2v) is 2.50. The van der Waals surface area contributed by atoms with Crippen LogP contribution in [0.3, 0.4) is 0 Å². The molecule has 0 saturated carbocycles. The molecular formula is C5H13IN2. The first-order valence-electron chi connectivity index (χ1n) is 2.95. The standard InChI is InChI=1S/C5H13IN2/c6-8-5-3-1-2-4-7/h8H,1-5,7H2. The maximum absolute atomic E-state index is 5.29. The van der Waals surface area contributed by atoms with Crippen molar-refractivity contribution in [2.75, 3.05) is 13.1 Å². The molecule has 0 heterocycles. The van der Waals surface area contributed by atoms with Crippen molar-refractivity contribution >= 4 is 22.9 Å². The van der Waals surface area contributed by atoms with Crippen LogP contribution in [-0.4, -0.2) is 13.1 Å². The van der Waals surface area contributed by atoms with Gasteiger partial charge in [0.05, 0.1) is 0 Å². The van der Waals surface area contributed by atoms with Crippen LogP contribution in [0.2, 0.25) is 0 Å². The van der Waals surface area contributed by atoms with Crippen molar-refractivity contribution in [1.29, 1.82) is 0 Å². The molecule has 0 atom stereocenters. The van der Waals surface area contributed by atoms with Gasteiger partial charge in [-0.05, 0) is 19.4 Å². The molecule has 0 amide bonds. The highest BCUT2D eigenvalue weighted by molar-refractivity contribution is 14.1. The van der Waals surface area contributed by atoms with Gasteiger partial charge in [0.25, 0.3) is 0 Å². The smallest absolute Gasteiger partial charge is 0.0169 e. The van der Waals surface area contributed by atoms with Gasteiger partial charge in [0.2, 0.25) is 0 Å². The molecule has 8 heavy (non-hydrogen) atoms. The summed E-state index contributed by atoms with van der Waals surface area (Å²) in [5, 5.41) is 0. The molecule has 0 radical (unpaired) electrons. The summed E-state index contributed by atoms with van der Waals surface area (Å²) < 4.78 is 3.06. The molecule has 50 valence electrons. The summed E-state index contributed by atoms with van der Waals surface area (Å²) in [6.45, 7) is 1.95. The molecule has 0 aliphatic carbocycles. The van der Waals surface area contributed by atoms with E-state index in [1.165, 1.54) is 19.3 Å². The highest BCUT2D eigenvalue weighted by atomic mass is 127. The van der Waals surface area contributed by atoms with Crippen LogP contribution in [0, 0.1) is 0 Å². The van der Waals surface area contributed by atoms with E-state index in [1.54, 1.807) is 0 Å². The fourth-order valence-corrected chi connectivity index (χ4v) is 0.894. The highest BCUT2D eigenvalue weighted by Crippen LogP contribution is 1.91. The van der Waals surface area contributed by atoms with Crippen LogP contribution < -0.4 is 9.26 Å². The number of halogens is 1. The lowest BCUT2D eigenvalue weighted by molar-refractivity contribution is 0.686. The molecule has 0 aromatic rings. The van der Waals surface area contributed by atoms with Crippen molar-refractivity contribution in [3.8, 4) is 0 Å². The molecule has 0 rings (SSSR count). The van der Waals surface area contributed by atoms with Gasteiger partial charge in [0.1, 0.15) is 0 Å². The Balaban J connectivity index is 2.53. The molecule has 0 aliphatic rings. The van der Waals surface area contributed by atoms with Crippen LogP contribution in [0.4, 0.5) is 0 Å². The summed E-state index contributed by atoms with van der Waals surface area (Å²) in [4.78, 5) is 0. The van der Waals surface area contributed by atoms with Gasteiger partial charge in [-0.15, -0.1) is 0 Å². The lowest BCUT2D eigenvalue weighted by atomic mass is 10.2. The summed E-state index contributed by atoms with van der Waals surface area (Å²) in [7, 11) is 0. The average molecular weight is 228 g/mol. The third-order valence-corrected chi connectivity index (χ3v) is 1.51. The Bertz CT molecular complexity index is 35.4. The number of hydrogen-bond acceptors (Lipinski definition) is 2. The Kier molecular flexibility index (Phi) is 8.27. The minimum atomic E-state index is 0.835. The highest BCUT2D eigenvalue weighted by Gasteiger charge is 1.83. The van der Waals surface area contributed by atoms with Crippen LogP contribution in [-0.2, 0) is 0 Å². The first-order chi connectivity index (χ1) is 3.91. The molecule has 0 aliphatic heterocycles. The van der Waals surface area contributed by atoms with Crippen LogP contribution >= 0.6 is 22.9 Å². The zero-order valence-corrected chi connectivity index (χ0v) is 7.15. The third kappa shape index (κ3) is 6.65. The van der Waals surface area contributed by atoms with Crippen molar-refractivity contribution < 1.29 is 0 Å².